The highest BCUT2D eigenvalue weighted by Gasteiger charge is 2.35. The van der Waals surface area contributed by atoms with Crippen molar-refractivity contribution in [2.45, 2.75) is 98.3 Å². The van der Waals surface area contributed by atoms with Gasteiger partial charge in [0.15, 0.2) is 11.6 Å². The van der Waals surface area contributed by atoms with Crippen LogP contribution in [-0.2, 0) is 74.9 Å². The molecule has 750 valence electrons. The number of ketones is 3. The summed E-state index contributed by atoms with van der Waals surface area (Å²) >= 11 is 20.3. The van der Waals surface area contributed by atoms with Crippen LogP contribution in [0.25, 0.3) is 78.7 Å². The summed E-state index contributed by atoms with van der Waals surface area (Å²) in [6, 6.07) is 77.3. The number of nitrogens with one attached hydrogen (secondary N) is 2. The van der Waals surface area contributed by atoms with Gasteiger partial charge in [0.1, 0.15) is 52.6 Å². The van der Waals surface area contributed by atoms with Crippen LogP contribution in [0.4, 0.5) is 5.82 Å². The monoisotopic (exact) mass is 2420 g/mol. The van der Waals surface area contributed by atoms with E-state index in [9.17, 15) is 59.3 Å². The molecule has 5 aliphatic carbocycles. The number of rotatable bonds is 22. The van der Waals surface area contributed by atoms with E-state index >= 15 is 0 Å². The molecule has 0 bridgehead atoms. The molecule has 38 heteroatoms. The molecule has 2 fully saturated rings. The van der Waals surface area contributed by atoms with Gasteiger partial charge in [-0.3, -0.25) is 14.4 Å². The molecular weight excluding hydrogens is 2330 g/mol. The molecule has 0 aliphatic heterocycles. The number of Topliss-reactive ketones (excluding diaryl/α,β-unsaturated/α-hetero) is 3. The minimum absolute atomic E-state index is 0.0196. The summed E-state index contributed by atoms with van der Waals surface area (Å²) in [5.74, 6) is 0.797. The highest BCUT2D eigenvalue weighted by atomic mass is 79.9. The second-order valence-electron chi connectivity index (χ2n) is 34.7. The van der Waals surface area contributed by atoms with Crippen LogP contribution in [-0.4, -0.2) is 139 Å². The summed E-state index contributed by atoms with van der Waals surface area (Å²) in [7, 11) is -8.61. The predicted octanol–water partition coefficient (Wildman–Crippen LogP) is 23.5. The lowest BCUT2D eigenvalue weighted by Gasteiger charge is -2.12. The molecule has 5 aliphatic rings. The summed E-state index contributed by atoms with van der Waals surface area (Å²) < 4.78 is 98.8. The van der Waals surface area contributed by atoms with E-state index < -0.39 is 53.6 Å². The van der Waals surface area contributed by atoms with Gasteiger partial charge in [0.25, 0.3) is 30.1 Å². The number of halogens is 6. The van der Waals surface area contributed by atoms with Crippen LogP contribution in [0.15, 0.2) is 331 Å². The van der Waals surface area contributed by atoms with Gasteiger partial charge in [0.2, 0.25) is 5.78 Å². The third-order valence-corrected chi connectivity index (χ3v) is 32.3. The van der Waals surface area contributed by atoms with Gasteiger partial charge in [0.05, 0.1) is 90.0 Å². The van der Waals surface area contributed by atoms with Crippen molar-refractivity contribution in [1.82, 2.24) is 46.5 Å². The first-order chi connectivity index (χ1) is 70.9. The largest absolute Gasteiger partial charge is 0.478 e. The third-order valence-electron chi connectivity index (χ3n) is 24.1. The molecule has 0 spiro atoms. The quantitative estimate of drug-likeness (QED) is 0.0182. The average molecular weight is 2420 g/mol. The van der Waals surface area contributed by atoms with Gasteiger partial charge >= 0.3 is 17.9 Å². The van der Waals surface area contributed by atoms with E-state index in [1.165, 1.54) is 92.0 Å². The van der Waals surface area contributed by atoms with E-state index in [-0.39, 0.29) is 62.1 Å². The molecule has 148 heavy (non-hydrogen) atoms. The zero-order valence-electron chi connectivity index (χ0n) is 79.4. The van der Waals surface area contributed by atoms with Crippen molar-refractivity contribution in [3.8, 4) is 17.8 Å². The van der Waals surface area contributed by atoms with Crippen molar-refractivity contribution in [3.63, 3.8) is 0 Å². The summed E-state index contributed by atoms with van der Waals surface area (Å²) in [5.41, 5.74) is 27.8. The Morgan fingerprint density at radius 2 is 0.885 bits per heavy atom. The molecule has 29 nitrogen and oxygen atoms in total. The Morgan fingerprint density at radius 1 is 0.486 bits per heavy atom. The van der Waals surface area contributed by atoms with Gasteiger partial charge in [0, 0.05) is 118 Å². The molecule has 11 aromatic carbocycles. The number of hydrogen-bond acceptors (Lipinski definition) is 22. The highest BCUT2D eigenvalue weighted by molar-refractivity contribution is 9.11. The van der Waals surface area contributed by atoms with Gasteiger partial charge in [-0.2, -0.15) is 15.6 Å². The maximum absolute atomic E-state index is 13.4. The number of aliphatic carboxylic acids is 1. The fraction of sp³-hybridized carbons (Fsp3) is 0.155. The fourth-order valence-electron chi connectivity index (χ4n) is 16.7. The highest BCUT2D eigenvalue weighted by Crippen LogP contribution is 2.42. The van der Waals surface area contributed by atoms with Crippen molar-refractivity contribution < 1.29 is 68.6 Å². The topological polar surface area (TPSA) is 436 Å². The number of imidazole rings is 2. The molecule has 6 aromatic heterocycles. The minimum atomic E-state index is -4.06. The first kappa shape index (κ1) is 107. The number of hydrogen-bond donors (Lipinski definition) is 5. The zero-order valence-corrected chi connectivity index (χ0v) is 91.3. The van der Waals surface area contributed by atoms with Gasteiger partial charge in [-0.15, -0.1) is 0 Å². The molecule has 0 saturated heterocycles. The number of carbonyl (C=O) groups is 6. The van der Waals surface area contributed by atoms with E-state index in [0.29, 0.717) is 107 Å². The maximum atomic E-state index is 13.4. The summed E-state index contributed by atoms with van der Waals surface area (Å²) in [6.07, 6.45) is 14.9. The Bertz CT molecular complexity index is 8750. The van der Waals surface area contributed by atoms with Crippen molar-refractivity contribution >= 4 is 240 Å². The number of aromatic nitrogens is 9. The van der Waals surface area contributed by atoms with E-state index in [0.717, 1.165) is 109 Å². The van der Waals surface area contributed by atoms with Crippen LogP contribution in [0, 0.1) is 22.7 Å². The van der Waals surface area contributed by atoms with E-state index in [1.54, 1.807) is 158 Å². The minimum Gasteiger partial charge on any atom is -0.478 e. The number of ether oxygens (including phenoxy) is 2. The molecule has 7 N–H and O–H groups in total. The standard InChI is InChI=1S/C23H18BrN5O.C20H16BrN3O3S.C17H11BrN2O3S.C17H14BrNO4S.C12H11BrO2.C11H13N3.C10H7BrO2/c24-16-4-3-13-7-15(8-14(13)9-16)21(30)18-11-26-29(22(18)25)17-5-6-19-20(10-17)28-23(27-19)12-1-2-12;1-23(2)13-15(12-22)20(25)19-10-14-8-9-16(21)11-18(14)24(19)28(26,27)17-6-4-3-5-7-17;18-13-7-6-12-10-16(17(21)8-9-19)20(15(12)11-13)24(22,23)14-4-2-1-3-5-14;1-2-23-17(20)16-10-12-8-9-13(18)11-15(12)19(16)24(21,22)14-6-4-3-5-7-14;1-2-15-12(14)10-5-8-3-4-11(13)7-9(8)6-10;12-6-7-1-4-9-10(5-7)14-11(13-9)8-2-3-8;11-9-2-1-6-3-8(10(12)13)4-7(6)5-9/h3-7,9-12H,1-2,8,25H2,(H,27,28);3-11,13H,1-2H3;1-7,10-11H,8H2;3-11H,2H2,1H3;3-5,7H,2,6H2,1H3;1,4-5,8H,2-3,6,12H2,(H,13,14);1-3,5H,4H2,(H,12,13)/b;15-13+;;;;;. The fourth-order valence-corrected chi connectivity index (χ4v) is 23.5. The lowest BCUT2D eigenvalue weighted by molar-refractivity contribution is -0.138. The Balaban J connectivity index is 0.000000126. The van der Waals surface area contributed by atoms with Crippen LogP contribution in [0.3, 0.4) is 0 Å². The van der Waals surface area contributed by atoms with Crippen molar-refractivity contribution in [3.05, 3.63) is 390 Å². The van der Waals surface area contributed by atoms with E-state index in [2.05, 4.69) is 133 Å². The number of nitrogen functional groups attached to an aromatic ring is 1. The molecule has 0 amide bonds. The van der Waals surface area contributed by atoms with Crippen LogP contribution < -0.4 is 11.5 Å². The lowest BCUT2D eigenvalue weighted by Crippen LogP contribution is -2.20. The number of anilines is 1. The molecular formula is C110H90Br6N14O15S3. The van der Waals surface area contributed by atoms with Crippen molar-refractivity contribution in [1.29, 1.82) is 10.5 Å². The van der Waals surface area contributed by atoms with Gasteiger partial charge in [-0.05, 0) is 254 Å². The van der Waals surface area contributed by atoms with E-state index in [4.69, 9.17) is 31.3 Å². The number of fused-ring (bicyclic) bond motifs is 8. The number of benzene rings is 11. The lowest BCUT2D eigenvalue weighted by atomic mass is 10.0. The molecule has 0 unspecified atom stereocenters. The Kier molecular flexibility index (Phi) is 33.2. The number of esters is 2. The average Bonchev–Trinajstić information content (AvgIpc) is 1.59. The van der Waals surface area contributed by atoms with Crippen LogP contribution in [0.2, 0.25) is 0 Å². The molecule has 0 atom stereocenters. The van der Waals surface area contributed by atoms with Crippen molar-refractivity contribution in [2.24, 2.45) is 5.73 Å². The first-order valence-corrected chi connectivity index (χ1v) is 55.2. The number of carboxylic acid groups (broad SMARTS) is 1. The number of nitrogens with two attached hydrogens (primary N) is 2. The number of carboxylic acids is 1. The summed E-state index contributed by atoms with van der Waals surface area (Å²) in [6.45, 7) is 4.67. The van der Waals surface area contributed by atoms with Crippen LogP contribution >= 0.6 is 95.6 Å². The number of allylic oxidation sites excluding steroid dienone is 2. The maximum Gasteiger partial charge on any atom is 0.356 e. The SMILES string of the molecule is CCOC(=O)C1=Cc2ccc(Br)cc2C1.CCOC(=O)c1cc2ccc(Br)cc2n1S(=O)(=O)c1ccccc1.CN(C)/C=C(\C#N)C(=O)c1cc2ccc(Br)cc2n1S(=O)(=O)c1ccccc1.N#CCC(=O)c1cc2ccc(Br)cc2n1S(=O)(=O)c1ccccc1.NCc1ccc2nc(C3CC3)[nH]c2c1.Nc1c(C(=O)C2=Cc3ccc(Br)cc3C2)cnn1-c1ccc2nc(C3CC3)[nH]c2c1.O=C(O)C1=Cc2ccc(Br)cc2C1. The normalized spacial score (nSPS) is 13.2. The zero-order chi connectivity index (χ0) is 105. The van der Waals surface area contributed by atoms with Gasteiger partial charge < -0.3 is 40.9 Å². The molecule has 0 radical (unpaired) electrons. The summed E-state index contributed by atoms with van der Waals surface area (Å²) in [4.78, 5) is 90.7. The second-order valence-corrected chi connectivity index (χ2v) is 45.6. The molecule has 17 aromatic rings. The van der Waals surface area contributed by atoms with Gasteiger partial charge in [-0.25, -0.2) is 66.2 Å². The third kappa shape index (κ3) is 24.1. The number of aromatic amines is 2. The second kappa shape index (κ2) is 46.1. The van der Waals surface area contributed by atoms with Gasteiger partial charge in [-0.1, -0.05) is 193 Å². The van der Waals surface area contributed by atoms with Crippen LogP contribution in [0.5, 0.6) is 0 Å². The number of carbonyl (C=O) groups excluding carboxylic acids is 5. The number of H-pyrrole nitrogens is 2. The Labute approximate surface area is 901 Å². The molecule has 6 heterocycles. The molecule has 2 saturated carbocycles. The Morgan fingerprint density at radius 3 is 1.32 bits per heavy atom. The van der Waals surface area contributed by atoms with E-state index in [1.807, 2.05) is 104 Å². The Hall–Kier alpha value is -14.2. The van der Waals surface area contributed by atoms with Crippen molar-refractivity contribution in [2.75, 3.05) is 33.0 Å². The predicted molar refractivity (Wildman–Crippen MR) is 590 cm³/mol. The molecule has 22 rings (SSSR count). The number of nitriles is 2. The smallest absolute Gasteiger partial charge is 0.356 e. The number of nitrogens with zero attached hydrogens (tertiary/aromatic N) is 10. The van der Waals surface area contributed by atoms with Crippen LogP contribution in [0.1, 0.15) is 150 Å². The first-order valence-electron chi connectivity index (χ1n) is 46.2. The summed E-state index contributed by atoms with van der Waals surface area (Å²) in [5, 5.41) is 33.2.